The maximum absolute atomic E-state index is 13.8. The fraction of sp³-hybridized carbons (Fsp3) is 0.345. The maximum Gasteiger partial charge on any atom is 0.435 e. The van der Waals surface area contributed by atoms with Gasteiger partial charge in [0.15, 0.2) is 28.7 Å². The molecule has 0 bridgehead atoms. The number of hydrogen-bond acceptors (Lipinski definition) is 7. The highest BCUT2D eigenvalue weighted by Crippen LogP contribution is 2.47. The van der Waals surface area contributed by atoms with Crippen LogP contribution >= 0.6 is 0 Å². The molecule has 0 saturated heterocycles. The van der Waals surface area contributed by atoms with Gasteiger partial charge in [-0.1, -0.05) is 12.1 Å². The number of ether oxygens (including phenoxy) is 4. The molecule has 12 heteroatoms. The Morgan fingerprint density at radius 2 is 1.71 bits per heavy atom. The Morgan fingerprint density at radius 1 is 1.00 bits per heavy atom. The van der Waals surface area contributed by atoms with Crippen LogP contribution in [0, 0.1) is 12.8 Å². The summed E-state index contributed by atoms with van der Waals surface area (Å²) in [4.78, 5) is 13.8. The predicted octanol–water partition coefficient (Wildman–Crippen LogP) is 5.49. The molecule has 1 aliphatic carbocycles. The molecule has 4 aliphatic rings. The van der Waals surface area contributed by atoms with E-state index >= 15 is 0 Å². The number of benzene rings is 2. The highest BCUT2D eigenvalue weighted by Gasteiger charge is 2.44. The van der Waals surface area contributed by atoms with Crippen LogP contribution in [0.15, 0.2) is 53.1 Å². The fourth-order valence-electron chi connectivity index (χ4n) is 5.85. The highest BCUT2D eigenvalue weighted by molar-refractivity contribution is 6.08. The third kappa shape index (κ3) is 4.56. The molecule has 212 valence electrons. The van der Waals surface area contributed by atoms with Crippen molar-refractivity contribution in [1.29, 1.82) is 0 Å². The van der Waals surface area contributed by atoms with Crippen LogP contribution in [0.25, 0.3) is 6.08 Å². The van der Waals surface area contributed by atoms with Gasteiger partial charge in [-0.05, 0) is 79.3 Å². The van der Waals surface area contributed by atoms with Crippen LogP contribution in [0.2, 0.25) is 0 Å². The number of rotatable bonds is 4. The van der Waals surface area contributed by atoms with E-state index in [0.29, 0.717) is 23.0 Å². The Kier molecular flexibility index (Phi) is 5.95. The van der Waals surface area contributed by atoms with Gasteiger partial charge in [-0.15, -0.1) is 0 Å². The standard InChI is InChI=1S/C29H25F3N4O5/c1-16-9-25(29(30,31)32)33-35(16)13-26(37)36-28(19-6-8-22-24(12-19)41-15-39-22)20-4-2-3-18(27(20)34-36)10-17-5-7-21-23(11-17)40-14-38-21/h5-12,20,28H,2-4,13-15H2,1H3. The number of fused-ring (bicyclic) bond motifs is 3. The van der Waals surface area contributed by atoms with Crippen molar-refractivity contribution >= 4 is 17.7 Å². The Labute approximate surface area is 232 Å². The SMILES string of the molecule is Cc1cc(C(F)(F)F)nn1CC(=O)N1N=C2C(=Cc3ccc4c(c3)OCO4)CCCC2C1c1ccc2c(c1)OCO2. The second-order valence-corrected chi connectivity index (χ2v) is 10.4. The monoisotopic (exact) mass is 566 g/mol. The number of nitrogens with zero attached hydrogens (tertiary/aromatic N) is 4. The molecule has 1 fully saturated rings. The van der Waals surface area contributed by atoms with Gasteiger partial charge in [0, 0.05) is 11.6 Å². The first-order valence-corrected chi connectivity index (χ1v) is 13.3. The smallest absolute Gasteiger partial charge is 0.435 e. The quantitative estimate of drug-likeness (QED) is 0.415. The van der Waals surface area contributed by atoms with Crippen LogP contribution in [-0.4, -0.2) is 40.0 Å². The molecule has 0 N–H and O–H groups in total. The molecule has 0 radical (unpaired) electrons. The first-order valence-electron chi connectivity index (χ1n) is 13.3. The van der Waals surface area contributed by atoms with E-state index in [2.05, 4.69) is 5.10 Å². The van der Waals surface area contributed by atoms with E-state index in [4.69, 9.17) is 24.0 Å². The molecule has 1 aromatic heterocycles. The third-order valence-corrected chi connectivity index (χ3v) is 7.79. The van der Waals surface area contributed by atoms with Crippen LogP contribution in [0.1, 0.15) is 47.8 Å². The lowest BCUT2D eigenvalue weighted by atomic mass is 9.77. The zero-order chi connectivity index (χ0) is 28.3. The highest BCUT2D eigenvalue weighted by atomic mass is 19.4. The zero-order valence-electron chi connectivity index (χ0n) is 22.0. The molecule has 2 aromatic carbocycles. The lowest BCUT2D eigenvalue weighted by molar-refractivity contribution is -0.142. The number of hydrogen-bond donors (Lipinski definition) is 0. The van der Waals surface area contributed by atoms with Crippen LogP contribution in [-0.2, 0) is 17.5 Å². The number of alkyl halides is 3. The molecule has 2 unspecified atom stereocenters. The number of amides is 1. The van der Waals surface area contributed by atoms with Gasteiger partial charge in [-0.3, -0.25) is 9.48 Å². The van der Waals surface area contributed by atoms with E-state index in [1.807, 2.05) is 36.4 Å². The largest absolute Gasteiger partial charge is 0.454 e. The maximum atomic E-state index is 13.8. The first kappa shape index (κ1) is 25.5. The van der Waals surface area contributed by atoms with Crippen LogP contribution in [0.5, 0.6) is 23.0 Å². The number of aromatic nitrogens is 2. The molecule has 0 spiro atoms. The molecule has 7 rings (SSSR count). The van der Waals surface area contributed by atoms with Crippen molar-refractivity contribution in [1.82, 2.24) is 14.8 Å². The van der Waals surface area contributed by atoms with Gasteiger partial charge in [0.05, 0.1) is 11.8 Å². The second-order valence-electron chi connectivity index (χ2n) is 10.4. The lowest BCUT2D eigenvalue weighted by Gasteiger charge is -2.29. The van der Waals surface area contributed by atoms with Crippen molar-refractivity contribution in [2.45, 2.75) is 44.9 Å². The van der Waals surface area contributed by atoms with E-state index in [1.165, 1.54) is 11.9 Å². The average Bonchev–Trinajstić information content (AvgIpc) is 3.73. The molecule has 3 aromatic rings. The minimum atomic E-state index is -4.61. The molecule has 41 heavy (non-hydrogen) atoms. The summed E-state index contributed by atoms with van der Waals surface area (Å²) in [6.07, 6.45) is -0.112. The van der Waals surface area contributed by atoms with Crippen molar-refractivity contribution in [3.8, 4) is 23.0 Å². The lowest BCUT2D eigenvalue weighted by Crippen LogP contribution is -2.34. The summed E-state index contributed by atoms with van der Waals surface area (Å²) in [6.45, 7) is 1.40. The van der Waals surface area contributed by atoms with Crippen molar-refractivity contribution < 1.29 is 36.9 Å². The third-order valence-electron chi connectivity index (χ3n) is 7.79. The fourth-order valence-corrected chi connectivity index (χ4v) is 5.85. The van der Waals surface area contributed by atoms with Gasteiger partial charge in [0.25, 0.3) is 5.91 Å². The number of allylic oxidation sites excluding steroid dienone is 1. The second kappa shape index (κ2) is 9.57. The molecule has 9 nitrogen and oxygen atoms in total. The average molecular weight is 567 g/mol. The number of carbonyl (C=O) groups is 1. The molecular weight excluding hydrogens is 541 g/mol. The van der Waals surface area contributed by atoms with Gasteiger partial charge in [-0.25, -0.2) is 5.01 Å². The molecule has 1 amide bonds. The van der Waals surface area contributed by atoms with E-state index in [0.717, 1.165) is 52.4 Å². The summed E-state index contributed by atoms with van der Waals surface area (Å²) < 4.78 is 62.9. The van der Waals surface area contributed by atoms with E-state index in [1.54, 1.807) is 6.07 Å². The topological polar surface area (TPSA) is 87.4 Å². The Bertz CT molecular complexity index is 1610. The Balaban J connectivity index is 1.25. The predicted molar refractivity (Wildman–Crippen MR) is 139 cm³/mol. The van der Waals surface area contributed by atoms with Crippen molar-refractivity contribution in [2.24, 2.45) is 11.0 Å². The van der Waals surface area contributed by atoms with Crippen LogP contribution in [0.4, 0.5) is 13.2 Å². The molecule has 1 saturated carbocycles. The molecular formula is C29H25F3N4O5. The van der Waals surface area contributed by atoms with Gasteiger partial charge in [-0.2, -0.15) is 23.4 Å². The Hall–Kier alpha value is -4.48. The molecule has 3 aliphatic heterocycles. The summed E-state index contributed by atoms with van der Waals surface area (Å²) >= 11 is 0. The number of halogens is 3. The summed E-state index contributed by atoms with van der Waals surface area (Å²) in [7, 11) is 0. The summed E-state index contributed by atoms with van der Waals surface area (Å²) in [5.74, 6) is 1.98. The Morgan fingerprint density at radius 3 is 2.44 bits per heavy atom. The number of hydrazone groups is 1. The van der Waals surface area contributed by atoms with E-state index in [9.17, 15) is 18.0 Å². The first-order chi connectivity index (χ1) is 19.7. The summed E-state index contributed by atoms with van der Waals surface area (Å²) in [5.41, 5.74) is 2.71. The van der Waals surface area contributed by atoms with Crippen molar-refractivity contribution in [3.63, 3.8) is 0 Å². The zero-order valence-corrected chi connectivity index (χ0v) is 22.0. The molecule has 2 atom stereocenters. The van der Waals surface area contributed by atoms with Gasteiger partial charge >= 0.3 is 6.18 Å². The van der Waals surface area contributed by atoms with Crippen LogP contribution < -0.4 is 18.9 Å². The normalized spacial score (nSPS) is 21.8. The van der Waals surface area contributed by atoms with Gasteiger partial charge < -0.3 is 18.9 Å². The summed E-state index contributed by atoms with van der Waals surface area (Å²) in [6, 6.07) is 11.7. The minimum absolute atomic E-state index is 0.111. The van der Waals surface area contributed by atoms with Gasteiger partial charge in [0.1, 0.15) is 6.54 Å². The van der Waals surface area contributed by atoms with E-state index in [-0.39, 0.29) is 31.7 Å². The number of aryl methyl sites for hydroxylation is 1. The van der Waals surface area contributed by atoms with Gasteiger partial charge in [0.2, 0.25) is 13.6 Å². The molecule has 4 heterocycles. The number of carbonyl (C=O) groups excluding carboxylic acids is 1. The minimum Gasteiger partial charge on any atom is -0.454 e. The van der Waals surface area contributed by atoms with E-state index < -0.39 is 23.8 Å². The van der Waals surface area contributed by atoms with Crippen LogP contribution in [0.3, 0.4) is 0 Å². The van der Waals surface area contributed by atoms with Crippen molar-refractivity contribution in [2.75, 3.05) is 13.6 Å². The van der Waals surface area contributed by atoms with Crippen molar-refractivity contribution in [3.05, 3.63) is 70.6 Å². The summed E-state index contributed by atoms with van der Waals surface area (Å²) in [5, 5.41) is 9.89.